The summed E-state index contributed by atoms with van der Waals surface area (Å²) in [6.45, 7) is 1.33. The van der Waals surface area contributed by atoms with Crippen LogP contribution in [0.1, 0.15) is 31.4 Å². The molecule has 1 saturated heterocycles. The van der Waals surface area contributed by atoms with Crippen molar-refractivity contribution in [2.75, 3.05) is 20.3 Å². The maximum absolute atomic E-state index is 13.5. The highest BCUT2D eigenvalue weighted by atomic mass is 19.1. The minimum atomic E-state index is -0.490. The molecule has 1 aliphatic heterocycles. The first-order chi connectivity index (χ1) is 14.7. The molecule has 30 heavy (non-hydrogen) atoms. The van der Waals surface area contributed by atoms with Crippen LogP contribution in [0.25, 0.3) is 17.2 Å². The van der Waals surface area contributed by atoms with E-state index in [2.05, 4.69) is 17.1 Å². The molecule has 3 fully saturated rings. The van der Waals surface area contributed by atoms with E-state index < -0.39 is 5.79 Å². The van der Waals surface area contributed by atoms with E-state index in [-0.39, 0.29) is 11.7 Å². The Kier molecular flexibility index (Phi) is 5.44. The van der Waals surface area contributed by atoms with Gasteiger partial charge < -0.3 is 14.2 Å². The second-order valence-electron chi connectivity index (χ2n) is 8.67. The van der Waals surface area contributed by atoms with E-state index in [1.54, 1.807) is 12.3 Å². The number of rotatable bonds is 4. The zero-order valence-corrected chi connectivity index (χ0v) is 17.3. The van der Waals surface area contributed by atoms with Gasteiger partial charge in [0.1, 0.15) is 5.82 Å². The van der Waals surface area contributed by atoms with Gasteiger partial charge in [0.25, 0.3) is 0 Å². The molecule has 2 aliphatic carbocycles. The summed E-state index contributed by atoms with van der Waals surface area (Å²) in [5, 5.41) is 0. The second-order valence-corrected chi connectivity index (χ2v) is 8.67. The minimum Gasteiger partial charge on any atom is -0.381 e. The third-order valence-electron chi connectivity index (χ3n) is 7.04. The summed E-state index contributed by atoms with van der Waals surface area (Å²) >= 11 is 0. The van der Waals surface area contributed by atoms with Gasteiger partial charge in [-0.25, -0.2) is 4.39 Å². The van der Waals surface area contributed by atoms with Crippen molar-refractivity contribution in [2.24, 2.45) is 17.8 Å². The molecule has 0 radical (unpaired) electrons. The van der Waals surface area contributed by atoms with Gasteiger partial charge in [0.05, 0.1) is 25.0 Å². The van der Waals surface area contributed by atoms with E-state index in [0.717, 1.165) is 42.5 Å². The largest absolute Gasteiger partial charge is 0.381 e. The third-order valence-corrected chi connectivity index (χ3v) is 7.04. The van der Waals surface area contributed by atoms with Gasteiger partial charge in [-0.15, -0.1) is 0 Å². The highest BCUT2D eigenvalue weighted by molar-refractivity contribution is 5.63. The molecule has 0 amide bonds. The Morgan fingerprint density at radius 3 is 2.73 bits per heavy atom. The number of pyridine rings is 1. The lowest BCUT2D eigenvalue weighted by Crippen LogP contribution is -2.35. The second kappa shape index (κ2) is 8.22. The van der Waals surface area contributed by atoms with E-state index >= 15 is 0 Å². The summed E-state index contributed by atoms with van der Waals surface area (Å²) in [7, 11) is 1.81. The molecule has 1 aromatic heterocycles. The molecule has 1 unspecified atom stereocenters. The maximum Gasteiger partial charge on any atom is 0.175 e. The van der Waals surface area contributed by atoms with E-state index in [1.165, 1.54) is 12.1 Å². The maximum atomic E-state index is 13.5. The van der Waals surface area contributed by atoms with E-state index in [4.69, 9.17) is 14.2 Å². The van der Waals surface area contributed by atoms with Crippen molar-refractivity contribution in [3.8, 4) is 11.1 Å². The van der Waals surface area contributed by atoms with Gasteiger partial charge in [0.15, 0.2) is 5.79 Å². The summed E-state index contributed by atoms with van der Waals surface area (Å²) < 4.78 is 31.5. The first-order valence-corrected chi connectivity index (χ1v) is 10.9. The first-order valence-electron chi connectivity index (χ1n) is 10.9. The summed E-state index contributed by atoms with van der Waals surface area (Å²) in [5.41, 5.74) is 2.63. The summed E-state index contributed by atoms with van der Waals surface area (Å²) in [6.07, 6.45) is 10.7. The Hall–Kier alpha value is -2.08. The van der Waals surface area contributed by atoms with Gasteiger partial charge in [0.2, 0.25) is 0 Å². The van der Waals surface area contributed by atoms with Crippen LogP contribution in [-0.4, -0.2) is 37.2 Å². The SMILES string of the molecule is COC1CC[C@@H]2[C@@H](C1)CC1(OCCO1)[C@H]2/C=C/c1ccc(-c2cccc(F)c2)cn1. The van der Waals surface area contributed by atoms with Gasteiger partial charge in [-0.05, 0) is 60.9 Å². The first kappa shape index (κ1) is 19.9. The Bertz CT molecular complexity index is 907. The quantitative estimate of drug-likeness (QED) is 0.705. The van der Waals surface area contributed by atoms with Crippen molar-refractivity contribution in [1.82, 2.24) is 4.98 Å². The molecule has 1 spiro atoms. The highest BCUT2D eigenvalue weighted by Crippen LogP contribution is 2.55. The van der Waals surface area contributed by atoms with Crippen LogP contribution in [0.15, 0.2) is 48.7 Å². The molecule has 0 bridgehead atoms. The molecule has 0 N–H and O–H groups in total. The smallest absolute Gasteiger partial charge is 0.175 e. The van der Waals surface area contributed by atoms with Crippen LogP contribution in [-0.2, 0) is 14.2 Å². The molecule has 4 atom stereocenters. The molecule has 3 aliphatic rings. The van der Waals surface area contributed by atoms with E-state index in [1.807, 2.05) is 25.3 Å². The summed E-state index contributed by atoms with van der Waals surface area (Å²) in [4.78, 5) is 4.58. The van der Waals surface area contributed by atoms with Gasteiger partial charge in [-0.3, -0.25) is 4.98 Å². The number of fused-ring (bicyclic) bond motifs is 1. The monoisotopic (exact) mass is 409 g/mol. The number of hydrogen-bond acceptors (Lipinski definition) is 4. The third kappa shape index (κ3) is 3.70. The lowest BCUT2D eigenvalue weighted by atomic mass is 9.76. The standard InChI is InChI=1S/C25H28FNO3/c1-28-22-8-9-23-19(14-22)15-25(29-11-12-30-25)24(23)10-7-21-6-5-18(16-27-21)17-3-2-4-20(26)13-17/h2-7,10,13,16,19,22-24H,8-9,11-12,14-15H2,1H3/b10-7+/t19-,22?,23+,24-/m0/s1. The number of methoxy groups -OCH3 is 1. The lowest BCUT2D eigenvalue weighted by Gasteiger charge is -2.33. The zero-order chi connectivity index (χ0) is 20.6. The Morgan fingerprint density at radius 2 is 2.00 bits per heavy atom. The summed E-state index contributed by atoms with van der Waals surface area (Å²) in [6, 6.07) is 10.6. The molecule has 2 aromatic rings. The fourth-order valence-corrected chi connectivity index (χ4v) is 5.61. The van der Waals surface area contributed by atoms with Crippen molar-refractivity contribution < 1.29 is 18.6 Å². The van der Waals surface area contributed by atoms with Crippen LogP contribution in [0.5, 0.6) is 0 Å². The molecule has 5 heteroatoms. The molecule has 2 saturated carbocycles. The Balaban J connectivity index is 1.35. The van der Waals surface area contributed by atoms with Crippen molar-refractivity contribution in [2.45, 2.75) is 37.6 Å². The van der Waals surface area contributed by atoms with Crippen molar-refractivity contribution >= 4 is 6.08 Å². The van der Waals surface area contributed by atoms with Gasteiger partial charge in [-0.2, -0.15) is 0 Å². The molecule has 2 heterocycles. The van der Waals surface area contributed by atoms with Crippen LogP contribution in [0.4, 0.5) is 4.39 Å². The summed E-state index contributed by atoms with van der Waals surface area (Å²) in [5.74, 6) is 0.623. The molecule has 4 nitrogen and oxygen atoms in total. The van der Waals surface area contributed by atoms with Gasteiger partial charge in [0, 0.05) is 31.2 Å². The average Bonchev–Trinajstić information content (AvgIpc) is 3.36. The minimum absolute atomic E-state index is 0.229. The topological polar surface area (TPSA) is 40.6 Å². The Morgan fingerprint density at radius 1 is 1.13 bits per heavy atom. The van der Waals surface area contributed by atoms with Crippen molar-refractivity contribution in [1.29, 1.82) is 0 Å². The number of nitrogens with zero attached hydrogens (tertiary/aromatic N) is 1. The fourth-order valence-electron chi connectivity index (χ4n) is 5.61. The number of hydrogen-bond donors (Lipinski definition) is 0. The normalized spacial score (nSPS) is 30.2. The molecular weight excluding hydrogens is 381 g/mol. The predicted octanol–water partition coefficient (Wildman–Crippen LogP) is 5.10. The molecular formula is C25H28FNO3. The van der Waals surface area contributed by atoms with E-state index in [0.29, 0.717) is 31.2 Å². The van der Waals surface area contributed by atoms with Crippen LogP contribution in [0, 0.1) is 23.6 Å². The van der Waals surface area contributed by atoms with Crippen molar-refractivity contribution in [3.63, 3.8) is 0 Å². The molecule has 5 rings (SSSR count). The van der Waals surface area contributed by atoms with Gasteiger partial charge in [-0.1, -0.05) is 24.3 Å². The van der Waals surface area contributed by atoms with Crippen LogP contribution in [0.3, 0.4) is 0 Å². The number of benzene rings is 1. The molecule has 1 aromatic carbocycles. The predicted molar refractivity (Wildman–Crippen MR) is 113 cm³/mol. The van der Waals surface area contributed by atoms with Crippen LogP contribution >= 0.6 is 0 Å². The van der Waals surface area contributed by atoms with Crippen molar-refractivity contribution in [3.05, 3.63) is 60.2 Å². The van der Waals surface area contributed by atoms with Crippen LogP contribution < -0.4 is 0 Å². The number of aromatic nitrogens is 1. The zero-order valence-electron chi connectivity index (χ0n) is 17.3. The number of ether oxygens (including phenoxy) is 3. The number of halogens is 1. The lowest BCUT2D eigenvalue weighted by molar-refractivity contribution is -0.175. The fraction of sp³-hybridized carbons (Fsp3) is 0.480. The molecule has 158 valence electrons. The van der Waals surface area contributed by atoms with Gasteiger partial charge >= 0.3 is 0 Å². The Labute approximate surface area is 177 Å². The van der Waals surface area contributed by atoms with Crippen LogP contribution in [0.2, 0.25) is 0 Å². The average molecular weight is 410 g/mol. The van der Waals surface area contributed by atoms with E-state index in [9.17, 15) is 4.39 Å². The highest BCUT2D eigenvalue weighted by Gasteiger charge is 2.57.